The fourth-order valence-electron chi connectivity index (χ4n) is 11.6. The van der Waals surface area contributed by atoms with E-state index in [2.05, 4.69) is 27.1 Å². The number of hydrogen-bond acceptors (Lipinski definition) is 7. The highest BCUT2D eigenvalue weighted by Gasteiger charge is 2.46. The first-order chi connectivity index (χ1) is 35.0. The molecule has 2 bridgehead atoms. The van der Waals surface area contributed by atoms with Gasteiger partial charge in [-0.05, 0) is 135 Å². The van der Waals surface area contributed by atoms with E-state index in [9.17, 15) is 22.8 Å². The van der Waals surface area contributed by atoms with E-state index in [-0.39, 0.29) is 52.4 Å². The lowest BCUT2D eigenvalue weighted by atomic mass is 9.80. The lowest BCUT2D eigenvalue weighted by Gasteiger charge is -2.28. The molecule has 8 aromatic rings. The van der Waals surface area contributed by atoms with Gasteiger partial charge in [-0.25, -0.2) is 23.1 Å². The fraction of sp³-hybridized carbons (Fsp3) is 0.321. The molecule has 6 unspecified atom stereocenters. The maximum Gasteiger partial charge on any atom is 0.291 e. The number of nitrogens with one attached hydrogen (secondary N) is 2. The third kappa shape index (κ3) is 9.73. The van der Waals surface area contributed by atoms with Gasteiger partial charge in [-0.3, -0.25) is 14.6 Å². The second-order valence-electron chi connectivity index (χ2n) is 19.9. The summed E-state index contributed by atoms with van der Waals surface area (Å²) in [5.41, 5.74) is 3.87. The molecule has 16 heteroatoms. The van der Waals surface area contributed by atoms with E-state index in [4.69, 9.17) is 18.8 Å². The summed E-state index contributed by atoms with van der Waals surface area (Å²) in [6.07, 6.45) is 18.7. The van der Waals surface area contributed by atoms with Crippen LogP contribution >= 0.6 is 0 Å². The van der Waals surface area contributed by atoms with Crippen LogP contribution in [0.1, 0.15) is 91.9 Å². The second-order valence-corrected chi connectivity index (χ2v) is 19.9. The molecule has 3 aliphatic carbocycles. The summed E-state index contributed by atoms with van der Waals surface area (Å²) in [6.45, 7) is 3.62. The standard InChI is InChI=1S/C56H52F4N8O4/c1-33-4-2-3-5-34(22-33)28-67-31-62-51(37-6-10-40(57)11-7-37)53(67)47-14-17-50(71-47)56(70)65-45-19-21-66(30-43(45)60)46-26-35-23-36(25-39(46)24-35)29-68-32-63-52(38-8-12-41(58)13-9-38)54(68)48-15-16-49(72-48)55(69)64-44-18-20-61-27-42(44)59/h6-21,27,30-36,39,46H,2-5,22-26,28-29H2,1H3,(H,61,64,69)/p+1. The molecule has 12 nitrogen and oxygen atoms in total. The summed E-state index contributed by atoms with van der Waals surface area (Å²) >= 11 is 0. The minimum Gasteiger partial charge on any atom is -0.449 e. The molecule has 3 fully saturated rings. The van der Waals surface area contributed by atoms with Crippen molar-refractivity contribution in [2.45, 2.75) is 83.8 Å². The van der Waals surface area contributed by atoms with Crippen LogP contribution in [0.4, 0.5) is 28.9 Å². The minimum atomic E-state index is -0.682. The van der Waals surface area contributed by atoms with Crippen molar-refractivity contribution in [1.82, 2.24) is 24.1 Å². The van der Waals surface area contributed by atoms with Gasteiger partial charge in [0.05, 0.1) is 41.6 Å². The van der Waals surface area contributed by atoms with Crippen LogP contribution in [-0.2, 0) is 13.1 Å². The normalized spacial score (nSPS) is 20.8. The van der Waals surface area contributed by atoms with Crippen LogP contribution in [0.25, 0.3) is 45.4 Å². The van der Waals surface area contributed by atoms with Gasteiger partial charge in [-0.1, -0.05) is 26.2 Å². The topological polar surface area (TPSA) is 137 Å². The quantitative estimate of drug-likeness (QED) is 0.0667. The maximum atomic E-state index is 16.1. The zero-order chi connectivity index (χ0) is 49.5. The van der Waals surface area contributed by atoms with Crippen LogP contribution in [0, 0.1) is 52.9 Å². The first kappa shape index (κ1) is 46.7. The van der Waals surface area contributed by atoms with Crippen LogP contribution in [0.3, 0.4) is 0 Å². The van der Waals surface area contributed by atoms with Crippen LogP contribution in [0.5, 0.6) is 0 Å². The first-order valence-corrected chi connectivity index (χ1v) is 24.7. The van der Waals surface area contributed by atoms with Gasteiger partial charge in [-0.2, -0.15) is 8.96 Å². The largest absolute Gasteiger partial charge is 0.449 e. The number of carbonyl (C=O) groups is 2. The van der Waals surface area contributed by atoms with Gasteiger partial charge in [0.1, 0.15) is 23.0 Å². The number of hydrogen-bond donors (Lipinski definition) is 2. The number of rotatable bonds is 13. The Morgan fingerprint density at radius 3 is 1.83 bits per heavy atom. The number of fused-ring (bicyclic) bond motifs is 2. The number of anilines is 2. The molecule has 72 heavy (non-hydrogen) atoms. The van der Waals surface area contributed by atoms with Crippen LogP contribution in [0.15, 0.2) is 131 Å². The molecule has 3 saturated carbocycles. The van der Waals surface area contributed by atoms with Gasteiger partial charge < -0.3 is 28.6 Å². The van der Waals surface area contributed by atoms with Crippen molar-refractivity contribution in [2.24, 2.45) is 29.6 Å². The van der Waals surface area contributed by atoms with Crippen molar-refractivity contribution in [2.75, 3.05) is 10.6 Å². The lowest BCUT2D eigenvalue weighted by Crippen LogP contribution is -2.41. The highest BCUT2D eigenvalue weighted by molar-refractivity contribution is 6.03. The molecule has 0 aliphatic heterocycles. The highest BCUT2D eigenvalue weighted by atomic mass is 19.1. The maximum absolute atomic E-state index is 16.1. The van der Waals surface area contributed by atoms with E-state index >= 15 is 4.39 Å². The molecule has 6 heterocycles. The van der Waals surface area contributed by atoms with Crippen LogP contribution < -0.4 is 15.2 Å². The number of imidazole rings is 2. The molecule has 6 aromatic heterocycles. The predicted molar refractivity (Wildman–Crippen MR) is 261 cm³/mol. The fourth-order valence-corrected chi connectivity index (χ4v) is 11.6. The number of halogens is 4. The van der Waals surface area contributed by atoms with Crippen molar-refractivity contribution < 1.29 is 40.6 Å². The number of furan rings is 2. The van der Waals surface area contributed by atoms with E-state index in [1.165, 1.54) is 68.1 Å². The molecule has 2 N–H and O–H groups in total. The summed E-state index contributed by atoms with van der Waals surface area (Å²) in [4.78, 5) is 40.1. The van der Waals surface area contributed by atoms with E-state index in [1.807, 2.05) is 15.3 Å². The summed E-state index contributed by atoms with van der Waals surface area (Å²) in [6, 6.07) is 21.7. The molecule has 0 saturated heterocycles. The summed E-state index contributed by atoms with van der Waals surface area (Å²) in [5.74, 6) is -0.485. The molecule has 0 radical (unpaired) electrons. The minimum absolute atomic E-state index is 0.0131. The number of pyridine rings is 2. The molecular weight excluding hydrogens is 925 g/mol. The molecule has 2 aromatic carbocycles. The average molecular weight is 978 g/mol. The Hall–Kier alpha value is -7.62. The summed E-state index contributed by atoms with van der Waals surface area (Å²) < 4.78 is 76.8. The van der Waals surface area contributed by atoms with E-state index in [1.54, 1.807) is 61.2 Å². The number of amides is 2. The molecule has 6 atom stereocenters. The van der Waals surface area contributed by atoms with Crippen molar-refractivity contribution in [3.05, 3.63) is 157 Å². The van der Waals surface area contributed by atoms with Gasteiger partial charge in [0.2, 0.25) is 12.0 Å². The monoisotopic (exact) mass is 977 g/mol. The van der Waals surface area contributed by atoms with Gasteiger partial charge in [0.15, 0.2) is 41.1 Å². The Balaban J connectivity index is 0.782. The Morgan fingerprint density at radius 2 is 1.24 bits per heavy atom. The predicted octanol–water partition coefficient (Wildman–Crippen LogP) is 12.6. The number of benzene rings is 2. The van der Waals surface area contributed by atoms with Gasteiger partial charge in [0.25, 0.3) is 11.8 Å². The SMILES string of the molecule is CC1CCCCC(Cn2cnc(-c3ccc(F)cc3)c2-c2ccc(C(=O)Nc3cc[n+](C4CC5CC(Cn6cnc(-c7ccc(F)cc7)c6-c6ccc(C(=O)Nc7ccncc7F)o6)CC4C5)cc3F)o2)C1. The highest BCUT2D eigenvalue weighted by Crippen LogP contribution is 2.49. The smallest absolute Gasteiger partial charge is 0.291 e. The van der Waals surface area contributed by atoms with E-state index < -0.39 is 23.4 Å². The first-order valence-electron chi connectivity index (χ1n) is 24.7. The Labute approximate surface area is 413 Å². The second kappa shape index (κ2) is 19.9. The van der Waals surface area contributed by atoms with E-state index in [0.717, 1.165) is 56.8 Å². The van der Waals surface area contributed by atoms with Gasteiger partial charge in [-0.15, -0.1) is 0 Å². The van der Waals surface area contributed by atoms with Crippen molar-refractivity contribution in [3.63, 3.8) is 0 Å². The zero-order valence-corrected chi connectivity index (χ0v) is 39.6. The summed E-state index contributed by atoms with van der Waals surface area (Å²) in [5, 5.41) is 5.25. The molecule has 0 spiro atoms. The molecular formula is C56H53F4N8O4+. The van der Waals surface area contributed by atoms with Crippen LogP contribution in [0.2, 0.25) is 0 Å². The van der Waals surface area contributed by atoms with Gasteiger partial charge >= 0.3 is 0 Å². The molecule has 11 rings (SSSR count). The Kier molecular flexibility index (Phi) is 12.9. The lowest BCUT2D eigenvalue weighted by molar-refractivity contribution is -0.729. The van der Waals surface area contributed by atoms with Crippen molar-refractivity contribution >= 4 is 23.2 Å². The Bertz CT molecular complexity index is 3250. The van der Waals surface area contributed by atoms with E-state index in [0.29, 0.717) is 64.2 Å². The number of aromatic nitrogens is 6. The zero-order valence-electron chi connectivity index (χ0n) is 39.6. The third-order valence-electron chi connectivity index (χ3n) is 14.9. The van der Waals surface area contributed by atoms with Crippen LogP contribution in [-0.4, -0.2) is 35.9 Å². The number of carbonyl (C=O) groups excluding carboxylic acids is 2. The molecule has 3 aliphatic rings. The number of nitrogens with zero attached hydrogens (tertiary/aromatic N) is 6. The Morgan fingerprint density at radius 1 is 0.653 bits per heavy atom. The van der Waals surface area contributed by atoms with Crippen molar-refractivity contribution in [1.29, 1.82) is 0 Å². The third-order valence-corrected chi connectivity index (χ3v) is 14.9. The average Bonchev–Trinajstić information content (AvgIpc) is 4.22. The van der Waals surface area contributed by atoms with Gasteiger partial charge in [0, 0.05) is 48.8 Å². The molecule has 2 amide bonds. The van der Waals surface area contributed by atoms with Crippen molar-refractivity contribution in [3.8, 4) is 45.4 Å². The summed E-state index contributed by atoms with van der Waals surface area (Å²) in [7, 11) is 0. The molecule has 368 valence electrons.